The van der Waals surface area contributed by atoms with Crippen LogP contribution < -0.4 is 0 Å². The summed E-state index contributed by atoms with van der Waals surface area (Å²) in [5.41, 5.74) is -5.61. The molecule has 2 saturated heterocycles. The van der Waals surface area contributed by atoms with E-state index in [1.165, 1.54) is 20.1 Å². The maximum Gasteiger partial charge on any atom is 0.336 e. The quantitative estimate of drug-likeness (QED) is 0.227. The molecule has 43 heavy (non-hydrogen) atoms. The van der Waals surface area contributed by atoms with Crippen LogP contribution in [0.15, 0.2) is 23.3 Å². The van der Waals surface area contributed by atoms with Gasteiger partial charge in [0, 0.05) is 59.2 Å². The maximum atomic E-state index is 14.0. The number of carbonyl (C=O) groups excluding carboxylic acids is 4. The minimum Gasteiger partial charge on any atom is -0.456 e. The number of cyclic esters (lactones) is 1. The smallest absolute Gasteiger partial charge is 0.336 e. The fourth-order valence-corrected chi connectivity index (χ4v) is 10.0. The number of rotatable bonds is 5. The molecule has 0 bridgehead atoms. The molecule has 2 unspecified atom stereocenters. The lowest BCUT2D eigenvalue weighted by Crippen LogP contribution is -2.73. The minimum absolute atomic E-state index is 0.00322. The molecule has 14 atom stereocenters. The fraction of sp³-hybridized carbons (Fsp3) is 0.742. The van der Waals surface area contributed by atoms with E-state index < -0.39 is 94.5 Å². The first-order chi connectivity index (χ1) is 20.2. The van der Waals surface area contributed by atoms with Crippen LogP contribution in [0.5, 0.6) is 0 Å². The number of aliphatic hydroxyl groups is 3. The molecule has 5 fully saturated rings. The van der Waals surface area contributed by atoms with Gasteiger partial charge in [0.2, 0.25) is 6.29 Å². The molecule has 3 heterocycles. The standard InChI is InChI=1S/C31H40O12/c1-7-13(2)25(36)42-24-23-21-20(16(33)10-18(39-6)28(21,3)12-40-23)22-27(38)43-31(30(22,24)5)17(34)9-15(29(31,4)11-32)14-8-19(35)41-26(14)37/h7-8,11,15,17-24,27,34-35,38H,9-10,12H2,1-6H3/b13-7-/t15-,17-,18+,19?,20-,21-,22+,23+,24+,27-,28+,29-,30-,31?/m0/s1. The molecule has 0 aromatic heterocycles. The van der Waals surface area contributed by atoms with Crippen molar-refractivity contribution in [2.75, 3.05) is 13.7 Å². The van der Waals surface area contributed by atoms with Crippen LogP contribution in [0.3, 0.4) is 0 Å². The molecule has 0 aromatic carbocycles. The van der Waals surface area contributed by atoms with E-state index in [-0.39, 0.29) is 30.8 Å². The van der Waals surface area contributed by atoms with Gasteiger partial charge in [0.1, 0.15) is 23.8 Å². The maximum absolute atomic E-state index is 14.0. The van der Waals surface area contributed by atoms with Gasteiger partial charge in [0.15, 0.2) is 6.29 Å². The summed E-state index contributed by atoms with van der Waals surface area (Å²) < 4.78 is 29.8. The van der Waals surface area contributed by atoms with E-state index in [2.05, 4.69) is 0 Å². The Bertz CT molecular complexity index is 1320. The van der Waals surface area contributed by atoms with Crippen LogP contribution in [-0.4, -0.2) is 95.6 Å². The topological polar surface area (TPSA) is 175 Å². The van der Waals surface area contributed by atoms with Crippen LogP contribution in [0.2, 0.25) is 0 Å². The first-order valence-electron chi connectivity index (χ1n) is 14.8. The van der Waals surface area contributed by atoms with Crippen molar-refractivity contribution in [3.8, 4) is 0 Å². The number of hydrogen-bond acceptors (Lipinski definition) is 12. The predicted octanol–water partition coefficient (Wildman–Crippen LogP) is 0.601. The first kappa shape index (κ1) is 30.5. The Hall–Kier alpha value is -2.48. The zero-order chi connectivity index (χ0) is 31.4. The first-order valence-corrected chi connectivity index (χ1v) is 14.8. The lowest BCUT2D eigenvalue weighted by molar-refractivity contribution is -0.252. The van der Waals surface area contributed by atoms with Gasteiger partial charge < -0.3 is 43.8 Å². The highest BCUT2D eigenvalue weighted by Gasteiger charge is 2.85. The van der Waals surface area contributed by atoms with E-state index in [1.54, 1.807) is 26.8 Å². The average Bonchev–Trinajstić information content (AvgIpc) is 3.63. The fourth-order valence-electron chi connectivity index (χ4n) is 10.0. The Labute approximate surface area is 249 Å². The average molecular weight is 605 g/mol. The number of ketones is 1. The van der Waals surface area contributed by atoms with Crippen molar-refractivity contribution in [2.45, 2.75) is 90.1 Å². The number of carbonyl (C=O) groups is 4. The third-order valence-corrected chi connectivity index (χ3v) is 12.1. The zero-order valence-electron chi connectivity index (χ0n) is 25.1. The highest BCUT2D eigenvalue weighted by atomic mass is 16.6. The van der Waals surface area contributed by atoms with Crippen molar-refractivity contribution in [3.63, 3.8) is 0 Å². The number of aldehydes is 1. The SMILES string of the molecule is C/C=C(/C)C(=O)O[C@@H]1[C@@H]2OC[C@@]3(C)[C@H]2[C@H](C(=O)C[C@H]3OC)[C@@H]2[C@@H](O)OC3([C@@H](O)C[C@@H](C4=CC(O)OC4=O)[C@]3(C)C=O)[C@@]21C. The highest BCUT2D eigenvalue weighted by Crippen LogP contribution is 2.74. The molecule has 3 saturated carbocycles. The van der Waals surface area contributed by atoms with Crippen LogP contribution in [0.4, 0.5) is 0 Å². The number of esters is 2. The molecule has 3 N–H and O–H groups in total. The van der Waals surface area contributed by atoms with Gasteiger partial charge in [0.25, 0.3) is 0 Å². The molecule has 6 aliphatic rings. The number of Topliss-reactive ketones (excluding diaryl/α,β-unsaturated/α-hetero) is 1. The summed E-state index contributed by atoms with van der Waals surface area (Å²) in [6.07, 6.45) is -3.90. The Balaban J connectivity index is 1.58. The summed E-state index contributed by atoms with van der Waals surface area (Å²) in [5.74, 6) is -5.06. The number of methoxy groups -OCH3 is 1. The predicted molar refractivity (Wildman–Crippen MR) is 144 cm³/mol. The number of fused-ring (bicyclic) bond motifs is 3. The summed E-state index contributed by atoms with van der Waals surface area (Å²) in [4.78, 5) is 53.5. The van der Waals surface area contributed by atoms with Gasteiger partial charge in [-0.05, 0) is 33.3 Å². The summed E-state index contributed by atoms with van der Waals surface area (Å²) in [5, 5.41) is 33.8. The van der Waals surface area contributed by atoms with E-state index >= 15 is 0 Å². The number of hydrogen-bond donors (Lipinski definition) is 3. The van der Waals surface area contributed by atoms with Crippen LogP contribution in [-0.2, 0) is 42.9 Å². The lowest BCUT2D eigenvalue weighted by Gasteiger charge is -2.61. The number of aliphatic hydroxyl groups excluding tert-OH is 3. The van der Waals surface area contributed by atoms with Gasteiger partial charge in [0.05, 0.1) is 30.3 Å². The molecule has 1 spiro atoms. The second kappa shape index (κ2) is 9.76. The number of ether oxygens (including phenoxy) is 5. The molecule has 12 heteroatoms. The van der Waals surface area contributed by atoms with E-state index in [9.17, 15) is 34.5 Å². The summed E-state index contributed by atoms with van der Waals surface area (Å²) in [6.45, 7) is 8.62. The summed E-state index contributed by atoms with van der Waals surface area (Å²) in [7, 11) is 1.53. The zero-order valence-corrected chi connectivity index (χ0v) is 25.1. The normalized spacial score (nSPS) is 52.1. The number of allylic oxidation sites excluding steroid dienone is 1. The van der Waals surface area contributed by atoms with Crippen molar-refractivity contribution >= 4 is 24.0 Å². The summed E-state index contributed by atoms with van der Waals surface area (Å²) in [6, 6.07) is 0. The molecule has 3 aliphatic heterocycles. The molecular formula is C31H40O12. The molecule has 0 aromatic rings. The van der Waals surface area contributed by atoms with Crippen molar-refractivity contribution in [1.82, 2.24) is 0 Å². The largest absolute Gasteiger partial charge is 0.456 e. The monoisotopic (exact) mass is 604 g/mol. The van der Waals surface area contributed by atoms with Gasteiger partial charge in [-0.15, -0.1) is 0 Å². The van der Waals surface area contributed by atoms with E-state index in [0.717, 1.165) is 0 Å². The highest BCUT2D eigenvalue weighted by molar-refractivity contribution is 5.93. The molecule has 12 nitrogen and oxygen atoms in total. The van der Waals surface area contributed by atoms with Crippen molar-refractivity contribution < 1.29 is 58.2 Å². The van der Waals surface area contributed by atoms with Gasteiger partial charge >= 0.3 is 11.9 Å². The van der Waals surface area contributed by atoms with Crippen LogP contribution >= 0.6 is 0 Å². The Morgan fingerprint density at radius 3 is 2.42 bits per heavy atom. The Kier molecular flexibility index (Phi) is 6.93. The Morgan fingerprint density at radius 2 is 1.84 bits per heavy atom. The van der Waals surface area contributed by atoms with Gasteiger partial charge in [-0.2, -0.15) is 0 Å². The van der Waals surface area contributed by atoms with Gasteiger partial charge in [-0.1, -0.05) is 19.9 Å². The third-order valence-electron chi connectivity index (χ3n) is 12.1. The lowest BCUT2D eigenvalue weighted by atomic mass is 9.43. The van der Waals surface area contributed by atoms with Crippen LogP contribution in [0, 0.1) is 39.9 Å². The molecule has 3 aliphatic carbocycles. The Morgan fingerprint density at radius 1 is 1.14 bits per heavy atom. The van der Waals surface area contributed by atoms with E-state index in [1.807, 2.05) is 6.92 Å². The van der Waals surface area contributed by atoms with Gasteiger partial charge in [-0.3, -0.25) is 4.79 Å². The second-order valence-corrected chi connectivity index (χ2v) is 13.7. The van der Waals surface area contributed by atoms with E-state index in [0.29, 0.717) is 11.9 Å². The van der Waals surface area contributed by atoms with E-state index in [4.69, 9.17) is 23.7 Å². The summed E-state index contributed by atoms with van der Waals surface area (Å²) >= 11 is 0. The van der Waals surface area contributed by atoms with Gasteiger partial charge in [-0.25, -0.2) is 9.59 Å². The minimum atomic E-state index is -1.95. The molecule has 0 radical (unpaired) electrons. The van der Waals surface area contributed by atoms with Crippen molar-refractivity contribution in [3.05, 3.63) is 23.3 Å². The molecular weight excluding hydrogens is 564 g/mol. The molecule has 236 valence electrons. The molecule has 6 rings (SSSR count). The van der Waals surface area contributed by atoms with Crippen LogP contribution in [0.1, 0.15) is 47.5 Å². The second-order valence-electron chi connectivity index (χ2n) is 13.7. The van der Waals surface area contributed by atoms with Crippen molar-refractivity contribution in [1.29, 1.82) is 0 Å². The molecule has 0 amide bonds. The van der Waals surface area contributed by atoms with Crippen molar-refractivity contribution in [2.24, 2.45) is 39.9 Å². The van der Waals surface area contributed by atoms with Crippen LogP contribution in [0.25, 0.3) is 0 Å². The third kappa shape index (κ3) is 3.53.